The summed E-state index contributed by atoms with van der Waals surface area (Å²) in [4.78, 5) is 23.8. The van der Waals surface area contributed by atoms with Gasteiger partial charge in [0.15, 0.2) is 0 Å². The predicted octanol–water partition coefficient (Wildman–Crippen LogP) is 1.21. The van der Waals surface area contributed by atoms with Gasteiger partial charge in [-0.15, -0.1) is 0 Å². The second-order valence-electron chi connectivity index (χ2n) is 3.74. The molecule has 0 saturated carbocycles. The van der Waals surface area contributed by atoms with Crippen molar-refractivity contribution in [1.82, 2.24) is 0 Å². The molecule has 4 heteroatoms. The van der Waals surface area contributed by atoms with Crippen LogP contribution in [0.4, 0.5) is 5.69 Å². The van der Waals surface area contributed by atoms with Gasteiger partial charge in [0, 0.05) is 12.7 Å². The lowest BCUT2D eigenvalue weighted by molar-refractivity contribution is -0.117. The Morgan fingerprint density at radius 2 is 2.13 bits per heavy atom. The summed E-state index contributed by atoms with van der Waals surface area (Å²) in [5, 5.41) is 8.87. The molecule has 0 aromatic heterocycles. The molecule has 2 rings (SSSR count). The van der Waals surface area contributed by atoms with E-state index in [1.807, 2.05) is 6.92 Å². The summed E-state index contributed by atoms with van der Waals surface area (Å²) in [6.45, 7) is 1.82. The van der Waals surface area contributed by atoms with Gasteiger partial charge in [-0.25, -0.2) is 4.79 Å². The number of nitrogens with zero attached hydrogens (tertiary/aromatic N) is 1. The molecule has 1 N–H and O–H groups in total. The zero-order chi connectivity index (χ0) is 11.2. The predicted molar refractivity (Wildman–Crippen MR) is 55.3 cm³/mol. The number of anilines is 1. The molecule has 1 aromatic rings. The number of carbonyl (C=O) groups excluding carboxylic acids is 1. The zero-order valence-electron chi connectivity index (χ0n) is 8.57. The van der Waals surface area contributed by atoms with Crippen molar-refractivity contribution >= 4 is 17.6 Å². The number of rotatable bonds is 1. The lowest BCUT2D eigenvalue weighted by Gasteiger charge is -2.13. The van der Waals surface area contributed by atoms with Gasteiger partial charge >= 0.3 is 5.97 Å². The summed E-state index contributed by atoms with van der Waals surface area (Å²) >= 11 is 0. The fourth-order valence-electron chi connectivity index (χ4n) is 2.00. The maximum Gasteiger partial charge on any atom is 0.335 e. The molecule has 0 unspecified atom stereocenters. The highest BCUT2D eigenvalue weighted by molar-refractivity contribution is 6.03. The van der Waals surface area contributed by atoms with Crippen LogP contribution in [-0.4, -0.2) is 24.0 Å². The molecule has 0 atom stereocenters. The molecular weight excluding hydrogens is 194 g/mol. The van der Waals surface area contributed by atoms with E-state index in [1.165, 1.54) is 0 Å². The molecule has 1 amide bonds. The highest BCUT2D eigenvalue weighted by Gasteiger charge is 2.26. The van der Waals surface area contributed by atoms with E-state index in [9.17, 15) is 9.59 Å². The van der Waals surface area contributed by atoms with Crippen LogP contribution in [0, 0.1) is 6.92 Å². The topological polar surface area (TPSA) is 57.6 Å². The van der Waals surface area contributed by atoms with Crippen molar-refractivity contribution in [2.75, 3.05) is 11.9 Å². The largest absolute Gasteiger partial charge is 0.478 e. The summed E-state index contributed by atoms with van der Waals surface area (Å²) in [5.74, 6) is -0.946. The second-order valence-corrected chi connectivity index (χ2v) is 3.74. The van der Waals surface area contributed by atoms with Crippen LogP contribution in [0.1, 0.15) is 21.5 Å². The van der Waals surface area contributed by atoms with Crippen molar-refractivity contribution in [2.24, 2.45) is 0 Å². The van der Waals surface area contributed by atoms with Crippen LogP contribution >= 0.6 is 0 Å². The monoisotopic (exact) mass is 205 g/mol. The van der Waals surface area contributed by atoms with Gasteiger partial charge in [0.2, 0.25) is 5.91 Å². The first-order valence-electron chi connectivity index (χ1n) is 4.64. The first kappa shape index (κ1) is 9.71. The molecule has 78 valence electrons. The number of aryl methyl sites for hydroxylation is 1. The number of benzene rings is 1. The molecule has 15 heavy (non-hydrogen) atoms. The van der Waals surface area contributed by atoms with Gasteiger partial charge in [0.1, 0.15) is 0 Å². The van der Waals surface area contributed by atoms with E-state index in [-0.39, 0.29) is 11.5 Å². The van der Waals surface area contributed by atoms with Crippen molar-refractivity contribution in [1.29, 1.82) is 0 Å². The number of aromatic carboxylic acids is 1. The lowest BCUT2D eigenvalue weighted by atomic mass is 10.0. The minimum atomic E-state index is -0.956. The van der Waals surface area contributed by atoms with Crippen LogP contribution in [0.15, 0.2) is 12.1 Å². The van der Waals surface area contributed by atoms with Crippen LogP contribution in [-0.2, 0) is 11.2 Å². The minimum absolute atomic E-state index is 0.00985. The van der Waals surface area contributed by atoms with Gasteiger partial charge in [0.25, 0.3) is 0 Å². The highest BCUT2D eigenvalue weighted by atomic mass is 16.4. The Labute approximate surface area is 87.1 Å². The second kappa shape index (κ2) is 3.08. The number of amides is 1. The third kappa shape index (κ3) is 1.38. The van der Waals surface area contributed by atoms with Gasteiger partial charge in [-0.2, -0.15) is 0 Å². The van der Waals surface area contributed by atoms with Gasteiger partial charge in [0.05, 0.1) is 12.0 Å². The van der Waals surface area contributed by atoms with Crippen molar-refractivity contribution in [2.45, 2.75) is 13.3 Å². The molecule has 0 aliphatic carbocycles. The van der Waals surface area contributed by atoms with Crippen molar-refractivity contribution in [3.8, 4) is 0 Å². The fourth-order valence-corrected chi connectivity index (χ4v) is 2.00. The Morgan fingerprint density at radius 3 is 2.73 bits per heavy atom. The number of carbonyl (C=O) groups is 2. The number of likely N-dealkylation sites (N-methyl/N-ethyl adjacent to an activating group) is 1. The first-order chi connectivity index (χ1) is 7.00. The van der Waals surface area contributed by atoms with Crippen LogP contribution < -0.4 is 4.90 Å². The zero-order valence-corrected chi connectivity index (χ0v) is 8.57. The minimum Gasteiger partial charge on any atom is -0.478 e. The molecule has 0 fully saturated rings. The number of carboxylic acid groups (broad SMARTS) is 1. The first-order valence-corrected chi connectivity index (χ1v) is 4.64. The maximum atomic E-state index is 11.4. The van der Waals surface area contributed by atoms with E-state index in [0.29, 0.717) is 6.42 Å². The Kier molecular flexibility index (Phi) is 2.00. The van der Waals surface area contributed by atoms with Crippen molar-refractivity contribution < 1.29 is 14.7 Å². The smallest absolute Gasteiger partial charge is 0.335 e. The summed E-state index contributed by atoms with van der Waals surface area (Å²) in [5.41, 5.74) is 2.73. The summed E-state index contributed by atoms with van der Waals surface area (Å²) in [6.07, 6.45) is 0.299. The molecule has 0 bridgehead atoms. The van der Waals surface area contributed by atoms with E-state index < -0.39 is 5.97 Å². The van der Waals surface area contributed by atoms with Gasteiger partial charge in [-0.05, 0) is 30.2 Å². The summed E-state index contributed by atoms with van der Waals surface area (Å²) < 4.78 is 0. The summed E-state index contributed by atoms with van der Waals surface area (Å²) in [6, 6.07) is 3.17. The van der Waals surface area contributed by atoms with E-state index in [2.05, 4.69) is 0 Å². The third-order valence-electron chi connectivity index (χ3n) is 2.68. The number of carboxylic acids is 1. The van der Waals surface area contributed by atoms with E-state index in [4.69, 9.17) is 5.11 Å². The van der Waals surface area contributed by atoms with E-state index in [0.717, 1.165) is 16.8 Å². The number of hydrogen-bond acceptors (Lipinski definition) is 2. The Morgan fingerprint density at radius 1 is 1.47 bits per heavy atom. The van der Waals surface area contributed by atoms with E-state index >= 15 is 0 Å². The number of hydrogen-bond donors (Lipinski definition) is 1. The molecule has 0 radical (unpaired) electrons. The Balaban J connectivity index is 2.60. The molecule has 1 heterocycles. The average Bonchev–Trinajstić information content (AvgIpc) is 2.42. The fraction of sp³-hybridized carbons (Fsp3) is 0.273. The normalized spacial score (nSPS) is 14.3. The SMILES string of the molecule is Cc1cc(C(=O)O)cc2c1N(C)C(=O)C2. The number of fused-ring (bicyclic) bond motifs is 1. The van der Waals surface area contributed by atoms with Crippen LogP contribution in [0.2, 0.25) is 0 Å². The molecule has 1 aromatic carbocycles. The van der Waals surface area contributed by atoms with Gasteiger partial charge in [-0.1, -0.05) is 0 Å². The van der Waals surface area contributed by atoms with Crippen LogP contribution in [0.3, 0.4) is 0 Å². The highest BCUT2D eigenvalue weighted by Crippen LogP contribution is 2.32. The molecule has 1 aliphatic heterocycles. The van der Waals surface area contributed by atoms with Crippen LogP contribution in [0.25, 0.3) is 0 Å². The molecule has 4 nitrogen and oxygen atoms in total. The standard InChI is InChI=1S/C11H11NO3/c1-6-3-8(11(14)15)4-7-5-9(13)12(2)10(6)7/h3-4H,5H2,1-2H3,(H,14,15). The molecule has 0 spiro atoms. The third-order valence-corrected chi connectivity index (χ3v) is 2.68. The molecular formula is C11H11NO3. The van der Waals surface area contributed by atoms with Crippen molar-refractivity contribution in [3.63, 3.8) is 0 Å². The van der Waals surface area contributed by atoms with E-state index in [1.54, 1.807) is 24.1 Å². The maximum absolute atomic E-state index is 11.4. The average molecular weight is 205 g/mol. The summed E-state index contributed by atoms with van der Waals surface area (Å²) in [7, 11) is 1.71. The van der Waals surface area contributed by atoms with Crippen molar-refractivity contribution in [3.05, 3.63) is 28.8 Å². The lowest BCUT2D eigenvalue weighted by Crippen LogP contribution is -2.21. The quantitative estimate of drug-likeness (QED) is 0.749. The molecule has 1 aliphatic rings. The van der Waals surface area contributed by atoms with Gasteiger partial charge < -0.3 is 10.0 Å². The van der Waals surface area contributed by atoms with Crippen LogP contribution in [0.5, 0.6) is 0 Å². The Bertz CT molecular complexity index is 465. The Hall–Kier alpha value is -1.84. The molecule has 0 saturated heterocycles. The van der Waals surface area contributed by atoms with Gasteiger partial charge in [-0.3, -0.25) is 4.79 Å².